The molecule has 1 aromatic heterocycles. The molecule has 1 fully saturated rings. The quantitative estimate of drug-likeness (QED) is 0.755. The molecule has 1 unspecified atom stereocenters. The van der Waals surface area contributed by atoms with Crippen LogP contribution in [0.3, 0.4) is 0 Å². The molecule has 0 radical (unpaired) electrons. The topological polar surface area (TPSA) is 95.4 Å². The number of nitrogens with zero attached hydrogens (tertiary/aromatic N) is 3. The van der Waals surface area contributed by atoms with Gasteiger partial charge in [-0.2, -0.15) is 0 Å². The number of aromatic nitrogens is 2. The number of piperazine rings is 1. The first-order valence-corrected chi connectivity index (χ1v) is 5.63. The van der Waals surface area contributed by atoms with E-state index in [1.54, 1.807) is 17.2 Å². The summed E-state index contributed by atoms with van der Waals surface area (Å²) in [7, 11) is 0. The van der Waals surface area contributed by atoms with Crippen molar-refractivity contribution in [1.82, 2.24) is 15.3 Å². The molecule has 1 aliphatic heterocycles. The molecular weight excluding hydrogens is 236 g/mol. The first-order chi connectivity index (χ1) is 8.58. The Morgan fingerprint density at radius 3 is 3.11 bits per heavy atom. The fourth-order valence-corrected chi connectivity index (χ4v) is 1.90. The second kappa shape index (κ2) is 4.99. The van der Waals surface area contributed by atoms with Crippen LogP contribution in [0, 0.1) is 6.92 Å². The molecule has 18 heavy (non-hydrogen) atoms. The van der Waals surface area contributed by atoms with Crippen LogP contribution < -0.4 is 10.2 Å². The van der Waals surface area contributed by atoms with Crippen molar-refractivity contribution in [3.05, 3.63) is 18.0 Å². The normalized spacial score (nSPS) is 19.5. The summed E-state index contributed by atoms with van der Waals surface area (Å²) < 4.78 is 0. The predicted molar refractivity (Wildman–Crippen MR) is 63.2 cm³/mol. The minimum atomic E-state index is -1.02. The number of rotatable bonds is 3. The van der Waals surface area contributed by atoms with Crippen molar-refractivity contribution in [2.45, 2.75) is 19.4 Å². The van der Waals surface area contributed by atoms with Crippen molar-refractivity contribution >= 4 is 17.8 Å². The third-order valence-corrected chi connectivity index (χ3v) is 2.74. The van der Waals surface area contributed by atoms with Crippen LogP contribution in [0.4, 0.5) is 5.95 Å². The second-order valence-electron chi connectivity index (χ2n) is 4.10. The SMILES string of the molecule is Cc1ccnc(N2CCNC(=O)C2CC(=O)O)n1. The van der Waals surface area contributed by atoms with E-state index in [2.05, 4.69) is 15.3 Å². The molecule has 2 rings (SSSR count). The molecule has 0 saturated carbocycles. The van der Waals surface area contributed by atoms with Crippen LogP contribution in [-0.2, 0) is 9.59 Å². The van der Waals surface area contributed by atoms with Crippen LogP contribution in [0.5, 0.6) is 0 Å². The number of carbonyl (C=O) groups is 2. The van der Waals surface area contributed by atoms with E-state index in [1.807, 2.05) is 6.92 Å². The highest BCUT2D eigenvalue weighted by molar-refractivity contribution is 5.89. The van der Waals surface area contributed by atoms with Crippen molar-refractivity contribution in [2.75, 3.05) is 18.0 Å². The summed E-state index contributed by atoms with van der Waals surface area (Å²) in [5.74, 6) is -0.917. The van der Waals surface area contributed by atoms with Crippen LogP contribution in [0.1, 0.15) is 12.1 Å². The summed E-state index contributed by atoms with van der Waals surface area (Å²) in [4.78, 5) is 32.5. The van der Waals surface area contributed by atoms with E-state index < -0.39 is 12.0 Å². The summed E-state index contributed by atoms with van der Waals surface area (Å²) in [6.45, 7) is 2.79. The Labute approximate surface area is 104 Å². The first-order valence-electron chi connectivity index (χ1n) is 5.63. The van der Waals surface area contributed by atoms with Gasteiger partial charge in [0.1, 0.15) is 6.04 Å². The number of carboxylic acid groups (broad SMARTS) is 1. The molecule has 2 heterocycles. The van der Waals surface area contributed by atoms with Gasteiger partial charge in [0.05, 0.1) is 6.42 Å². The van der Waals surface area contributed by atoms with Crippen LogP contribution in [0.2, 0.25) is 0 Å². The summed E-state index contributed by atoms with van der Waals surface area (Å²) >= 11 is 0. The molecule has 7 heteroatoms. The first kappa shape index (κ1) is 12.3. The van der Waals surface area contributed by atoms with Gasteiger partial charge in [0.15, 0.2) is 0 Å². The van der Waals surface area contributed by atoms with Gasteiger partial charge in [-0.05, 0) is 13.0 Å². The van der Waals surface area contributed by atoms with Crippen LogP contribution >= 0.6 is 0 Å². The van der Waals surface area contributed by atoms with Crippen molar-refractivity contribution in [2.24, 2.45) is 0 Å². The van der Waals surface area contributed by atoms with Gasteiger partial charge in [-0.15, -0.1) is 0 Å². The van der Waals surface area contributed by atoms with Crippen LogP contribution in [-0.4, -0.2) is 46.1 Å². The van der Waals surface area contributed by atoms with E-state index in [0.29, 0.717) is 19.0 Å². The van der Waals surface area contributed by atoms with E-state index >= 15 is 0 Å². The maximum atomic E-state index is 11.7. The smallest absolute Gasteiger partial charge is 0.305 e. The molecule has 0 aromatic carbocycles. The number of carboxylic acids is 1. The zero-order valence-electron chi connectivity index (χ0n) is 9.96. The molecule has 1 saturated heterocycles. The number of carbonyl (C=O) groups excluding carboxylic acids is 1. The van der Waals surface area contributed by atoms with Crippen LogP contribution in [0.15, 0.2) is 12.3 Å². The molecule has 0 spiro atoms. The molecule has 2 N–H and O–H groups in total. The minimum Gasteiger partial charge on any atom is -0.481 e. The lowest BCUT2D eigenvalue weighted by molar-refractivity contribution is -0.139. The van der Waals surface area contributed by atoms with Gasteiger partial charge < -0.3 is 15.3 Å². The monoisotopic (exact) mass is 250 g/mol. The summed E-state index contributed by atoms with van der Waals surface area (Å²) in [6.07, 6.45) is 1.34. The zero-order chi connectivity index (χ0) is 13.1. The number of nitrogens with one attached hydrogen (secondary N) is 1. The molecule has 96 valence electrons. The number of hydrogen-bond donors (Lipinski definition) is 2. The molecule has 0 bridgehead atoms. The van der Waals surface area contributed by atoms with Gasteiger partial charge in [0, 0.05) is 25.0 Å². The van der Waals surface area contributed by atoms with Crippen molar-refractivity contribution in [3.8, 4) is 0 Å². The average molecular weight is 250 g/mol. The molecular formula is C11H14N4O3. The van der Waals surface area contributed by atoms with Gasteiger partial charge in [-0.1, -0.05) is 0 Å². The van der Waals surface area contributed by atoms with Crippen LogP contribution in [0.25, 0.3) is 0 Å². The number of aliphatic carboxylic acids is 1. The highest BCUT2D eigenvalue weighted by atomic mass is 16.4. The Kier molecular flexibility index (Phi) is 3.40. The molecule has 0 aliphatic carbocycles. The number of anilines is 1. The Bertz CT molecular complexity index is 477. The minimum absolute atomic E-state index is 0.261. The van der Waals surface area contributed by atoms with Crippen molar-refractivity contribution in [3.63, 3.8) is 0 Å². The van der Waals surface area contributed by atoms with E-state index in [0.717, 1.165) is 5.69 Å². The summed E-state index contributed by atoms with van der Waals surface area (Å²) in [5.41, 5.74) is 0.778. The Balaban J connectivity index is 2.27. The lowest BCUT2D eigenvalue weighted by Gasteiger charge is -2.34. The van der Waals surface area contributed by atoms with Crippen molar-refractivity contribution in [1.29, 1.82) is 0 Å². The van der Waals surface area contributed by atoms with Gasteiger partial charge in [-0.3, -0.25) is 9.59 Å². The lowest BCUT2D eigenvalue weighted by atomic mass is 10.1. The maximum Gasteiger partial charge on any atom is 0.305 e. The predicted octanol–water partition coefficient (Wildman–Crippen LogP) is -0.435. The molecule has 1 aliphatic rings. The zero-order valence-corrected chi connectivity index (χ0v) is 9.96. The summed E-state index contributed by atoms with van der Waals surface area (Å²) in [5, 5.41) is 11.5. The Morgan fingerprint density at radius 1 is 1.67 bits per heavy atom. The Morgan fingerprint density at radius 2 is 2.44 bits per heavy atom. The number of hydrogen-bond acceptors (Lipinski definition) is 5. The van der Waals surface area contributed by atoms with Crippen molar-refractivity contribution < 1.29 is 14.7 Å². The van der Waals surface area contributed by atoms with Gasteiger partial charge in [0.25, 0.3) is 0 Å². The number of amides is 1. The highest BCUT2D eigenvalue weighted by Crippen LogP contribution is 2.16. The van der Waals surface area contributed by atoms with E-state index in [1.165, 1.54) is 0 Å². The fourth-order valence-electron chi connectivity index (χ4n) is 1.90. The van der Waals surface area contributed by atoms with Gasteiger partial charge in [0.2, 0.25) is 11.9 Å². The lowest BCUT2D eigenvalue weighted by Crippen LogP contribution is -2.56. The highest BCUT2D eigenvalue weighted by Gasteiger charge is 2.33. The number of aryl methyl sites for hydroxylation is 1. The molecule has 1 amide bonds. The Hall–Kier alpha value is -2.18. The molecule has 1 aromatic rings. The average Bonchev–Trinajstić information content (AvgIpc) is 2.31. The second-order valence-corrected chi connectivity index (χ2v) is 4.10. The van der Waals surface area contributed by atoms with Gasteiger partial charge in [-0.25, -0.2) is 9.97 Å². The maximum absolute atomic E-state index is 11.7. The standard InChI is InChI=1S/C11H14N4O3/c1-7-2-3-13-11(14-7)15-5-4-12-10(18)8(15)6-9(16)17/h2-3,8H,4-6H2,1H3,(H,12,18)(H,16,17). The fraction of sp³-hybridized carbons (Fsp3) is 0.455. The largest absolute Gasteiger partial charge is 0.481 e. The summed E-state index contributed by atoms with van der Waals surface area (Å²) in [6, 6.07) is 0.998. The van der Waals surface area contributed by atoms with E-state index in [9.17, 15) is 9.59 Å². The molecule has 7 nitrogen and oxygen atoms in total. The molecule has 1 atom stereocenters. The third-order valence-electron chi connectivity index (χ3n) is 2.74. The van der Waals surface area contributed by atoms with E-state index in [-0.39, 0.29) is 12.3 Å². The van der Waals surface area contributed by atoms with E-state index in [4.69, 9.17) is 5.11 Å². The van der Waals surface area contributed by atoms with Gasteiger partial charge >= 0.3 is 5.97 Å². The third kappa shape index (κ3) is 2.55.